The molecular formula is C15H25BrN2O2S. The van der Waals surface area contributed by atoms with Crippen molar-refractivity contribution in [2.45, 2.75) is 45.8 Å². The zero-order chi connectivity index (χ0) is 16.0. The monoisotopic (exact) mass is 376 g/mol. The van der Waals surface area contributed by atoms with E-state index in [1.165, 1.54) is 4.88 Å². The third-order valence-electron chi connectivity index (χ3n) is 2.85. The second kappa shape index (κ2) is 8.15. The topological polar surface area (TPSA) is 41.6 Å². The maximum atomic E-state index is 11.8. The summed E-state index contributed by atoms with van der Waals surface area (Å²) < 4.78 is 6.46. The lowest BCUT2D eigenvalue weighted by Gasteiger charge is -2.24. The summed E-state index contributed by atoms with van der Waals surface area (Å²) >= 11 is 5.21. The second-order valence-electron chi connectivity index (χ2n) is 6.07. The number of halogens is 1. The molecular weight excluding hydrogens is 352 g/mol. The first kappa shape index (κ1) is 18.5. The molecule has 0 saturated heterocycles. The Labute approximate surface area is 140 Å². The van der Waals surface area contributed by atoms with Gasteiger partial charge in [-0.15, -0.1) is 11.3 Å². The van der Waals surface area contributed by atoms with Crippen molar-refractivity contribution >= 4 is 33.4 Å². The van der Waals surface area contributed by atoms with Crippen LogP contribution in [0.1, 0.15) is 45.0 Å². The van der Waals surface area contributed by atoms with E-state index in [2.05, 4.69) is 40.3 Å². The van der Waals surface area contributed by atoms with Crippen molar-refractivity contribution in [2.24, 2.45) is 0 Å². The van der Waals surface area contributed by atoms with E-state index in [0.717, 1.165) is 16.8 Å². The minimum Gasteiger partial charge on any atom is -0.444 e. The highest BCUT2D eigenvalue weighted by Gasteiger charge is 2.19. The van der Waals surface area contributed by atoms with Crippen LogP contribution in [-0.2, 0) is 4.74 Å². The van der Waals surface area contributed by atoms with Gasteiger partial charge in [-0.2, -0.15) is 0 Å². The number of ether oxygens (including phenoxy) is 1. The lowest BCUT2D eigenvalue weighted by Crippen LogP contribution is -2.35. The van der Waals surface area contributed by atoms with Gasteiger partial charge in [0.25, 0.3) is 0 Å². The van der Waals surface area contributed by atoms with Crippen molar-refractivity contribution in [2.75, 3.05) is 20.1 Å². The Kier molecular flexibility index (Phi) is 7.16. The summed E-state index contributed by atoms with van der Waals surface area (Å²) in [6.45, 7) is 9.33. The molecule has 0 bridgehead atoms. The van der Waals surface area contributed by atoms with E-state index in [0.29, 0.717) is 12.6 Å². The molecule has 120 valence electrons. The summed E-state index contributed by atoms with van der Waals surface area (Å²) in [5, 5.41) is 3.47. The molecule has 0 fully saturated rings. The van der Waals surface area contributed by atoms with Gasteiger partial charge < -0.3 is 15.0 Å². The Hall–Kier alpha value is -0.590. The van der Waals surface area contributed by atoms with Crippen LogP contribution in [0.5, 0.6) is 0 Å². The predicted octanol–water partition coefficient (Wildman–Crippen LogP) is 4.42. The highest BCUT2D eigenvalue weighted by atomic mass is 79.9. The average molecular weight is 377 g/mol. The van der Waals surface area contributed by atoms with E-state index < -0.39 is 5.60 Å². The lowest BCUT2D eigenvalue weighted by molar-refractivity contribution is 0.0297. The standard InChI is InChI=1S/C15H25BrN2O2S/c1-11(12-7-8-13(16)21-12)17-9-6-10-18(5)14(19)20-15(2,3)4/h7-8,11,17H,6,9-10H2,1-5H3. The van der Waals surface area contributed by atoms with Gasteiger partial charge in [0.05, 0.1) is 3.79 Å². The van der Waals surface area contributed by atoms with Gasteiger partial charge in [-0.25, -0.2) is 4.79 Å². The molecule has 1 heterocycles. The van der Waals surface area contributed by atoms with Gasteiger partial charge in [-0.05, 0) is 68.7 Å². The van der Waals surface area contributed by atoms with Crippen molar-refractivity contribution in [3.05, 3.63) is 20.8 Å². The molecule has 0 aliphatic rings. The van der Waals surface area contributed by atoms with Crippen LogP contribution in [-0.4, -0.2) is 36.7 Å². The maximum absolute atomic E-state index is 11.8. The maximum Gasteiger partial charge on any atom is 0.410 e. The first-order chi connectivity index (χ1) is 9.69. The summed E-state index contributed by atoms with van der Waals surface area (Å²) in [6, 6.07) is 4.52. The molecule has 0 aliphatic heterocycles. The van der Waals surface area contributed by atoms with Gasteiger partial charge in [0.15, 0.2) is 0 Å². The summed E-state index contributed by atoms with van der Waals surface area (Å²) in [4.78, 5) is 14.7. The summed E-state index contributed by atoms with van der Waals surface area (Å²) in [7, 11) is 1.77. The fourth-order valence-electron chi connectivity index (χ4n) is 1.73. The van der Waals surface area contributed by atoms with E-state index in [4.69, 9.17) is 4.74 Å². The normalized spacial score (nSPS) is 13.0. The number of hydrogen-bond donors (Lipinski definition) is 1. The van der Waals surface area contributed by atoms with Gasteiger partial charge in [0.1, 0.15) is 5.60 Å². The van der Waals surface area contributed by atoms with Crippen molar-refractivity contribution < 1.29 is 9.53 Å². The molecule has 1 aromatic heterocycles. The summed E-state index contributed by atoms with van der Waals surface area (Å²) in [5.74, 6) is 0. The molecule has 0 spiro atoms. The Morgan fingerprint density at radius 2 is 2.14 bits per heavy atom. The van der Waals surface area contributed by atoms with Gasteiger partial charge in [0.2, 0.25) is 0 Å². The van der Waals surface area contributed by atoms with Crippen LogP contribution in [0, 0.1) is 0 Å². The molecule has 0 aliphatic carbocycles. The fraction of sp³-hybridized carbons (Fsp3) is 0.667. The molecule has 4 nitrogen and oxygen atoms in total. The second-order valence-corrected chi connectivity index (χ2v) is 8.57. The number of nitrogens with zero attached hydrogens (tertiary/aromatic N) is 1. The van der Waals surface area contributed by atoms with Crippen LogP contribution in [0.25, 0.3) is 0 Å². The number of nitrogens with one attached hydrogen (secondary N) is 1. The van der Waals surface area contributed by atoms with E-state index in [-0.39, 0.29) is 6.09 Å². The molecule has 1 atom stereocenters. The Morgan fingerprint density at radius 1 is 1.48 bits per heavy atom. The van der Waals surface area contributed by atoms with Gasteiger partial charge >= 0.3 is 6.09 Å². The van der Waals surface area contributed by atoms with Gasteiger partial charge in [-0.1, -0.05) is 0 Å². The van der Waals surface area contributed by atoms with Crippen molar-refractivity contribution in [1.29, 1.82) is 0 Å². The van der Waals surface area contributed by atoms with Crippen LogP contribution >= 0.6 is 27.3 Å². The fourth-order valence-corrected chi connectivity index (χ4v) is 3.18. The Bertz CT molecular complexity index is 457. The van der Waals surface area contributed by atoms with Gasteiger partial charge in [-0.3, -0.25) is 0 Å². The number of rotatable bonds is 6. The van der Waals surface area contributed by atoms with Gasteiger partial charge in [0, 0.05) is 24.5 Å². The zero-order valence-electron chi connectivity index (χ0n) is 13.4. The van der Waals surface area contributed by atoms with Crippen LogP contribution in [0.4, 0.5) is 4.79 Å². The number of carbonyl (C=O) groups excluding carboxylic acids is 1. The van der Waals surface area contributed by atoms with Crippen LogP contribution < -0.4 is 5.32 Å². The van der Waals surface area contributed by atoms with Crippen LogP contribution in [0.3, 0.4) is 0 Å². The molecule has 1 aromatic rings. The predicted molar refractivity (Wildman–Crippen MR) is 91.9 cm³/mol. The Balaban J connectivity index is 2.23. The minimum atomic E-state index is -0.440. The summed E-state index contributed by atoms with van der Waals surface area (Å²) in [6.07, 6.45) is 0.629. The molecule has 1 amide bonds. The van der Waals surface area contributed by atoms with Crippen LogP contribution in [0.15, 0.2) is 15.9 Å². The largest absolute Gasteiger partial charge is 0.444 e. The van der Waals surface area contributed by atoms with Crippen LogP contribution in [0.2, 0.25) is 0 Å². The minimum absolute atomic E-state index is 0.266. The number of amides is 1. The highest BCUT2D eigenvalue weighted by molar-refractivity contribution is 9.11. The lowest BCUT2D eigenvalue weighted by atomic mass is 10.2. The van der Waals surface area contributed by atoms with E-state index in [1.807, 2.05) is 20.8 Å². The first-order valence-electron chi connectivity index (χ1n) is 7.12. The number of thiophene rings is 1. The van der Waals surface area contributed by atoms with Crippen molar-refractivity contribution in [3.63, 3.8) is 0 Å². The molecule has 0 aromatic carbocycles. The number of hydrogen-bond acceptors (Lipinski definition) is 4. The van der Waals surface area contributed by atoms with E-state index >= 15 is 0 Å². The molecule has 6 heteroatoms. The molecule has 1 rings (SSSR count). The number of carbonyl (C=O) groups is 1. The summed E-state index contributed by atoms with van der Waals surface area (Å²) in [5.41, 5.74) is -0.440. The Morgan fingerprint density at radius 3 is 2.67 bits per heavy atom. The van der Waals surface area contributed by atoms with E-state index in [1.54, 1.807) is 23.3 Å². The SMILES string of the molecule is CC(NCCCN(C)C(=O)OC(C)(C)C)c1ccc(Br)s1. The molecule has 0 saturated carbocycles. The molecule has 0 radical (unpaired) electrons. The molecule has 1 N–H and O–H groups in total. The smallest absolute Gasteiger partial charge is 0.410 e. The van der Waals surface area contributed by atoms with E-state index in [9.17, 15) is 4.79 Å². The van der Waals surface area contributed by atoms with Crippen molar-refractivity contribution in [1.82, 2.24) is 10.2 Å². The third-order valence-corrected chi connectivity index (χ3v) is 4.65. The van der Waals surface area contributed by atoms with Crippen molar-refractivity contribution in [3.8, 4) is 0 Å². The average Bonchev–Trinajstić information content (AvgIpc) is 2.78. The quantitative estimate of drug-likeness (QED) is 0.747. The molecule has 1 unspecified atom stereocenters. The molecule has 21 heavy (non-hydrogen) atoms. The highest BCUT2D eigenvalue weighted by Crippen LogP contribution is 2.26. The zero-order valence-corrected chi connectivity index (χ0v) is 15.8. The first-order valence-corrected chi connectivity index (χ1v) is 8.73. The third kappa shape index (κ3) is 7.29.